The van der Waals surface area contributed by atoms with Crippen molar-refractivity contribution in [3.8, 4) is 56.3 Å². The minimum atomic E-state index is -2.38. The number of hydrogen-bond donors (Lipinski definition) is 0. The number of fused-ring (bicyclic) bond motifs is 5. The topological polar surface area (TPSA) is 19.4 Å². The summed E-state index contributed by atoms with van der Waals surface area (Å²) in [4.78, 5) is 0. The van der Waals surface area contributed by atoms with Crippen molar-refractivity contribution in [2.75, 3.05) is 0 Å². The number of pyridine rings is 5. The Morgan fingerprint density at radius 2 is 0.598 bits per heavy atom. The van der Waals surface area contributed by atoms with Gasteiger partial charge in [0.1, 0.15) is 35.2 Å². The van der Waals surface area contributed by atoms with Gasteiger partial charge in [0, 0.05) is 48.1 Å². The molecule has 0 aliphatic heterocycles. The summed E-state index contributed by atoms with van der Waals surface area (Å²) in [5.74, 6) is -1.67. The van der Waals surface area contributed by atoms with E-state index >= 15 is 0 Å². The summed E-state index contributed by atoms with van der Waals surface area (Å²) in [6, 6.07) is 73.3. The Hall–Kier alpha value is -10.8. The van der Waals surface area contributed by atoms with Crippen LogP contribution in [0.3, 0.4) is 0 Å². The zero-order valence-corrected chi connectivity index (χ0v) is 67.8. The molecule has 5 heteroatoms. The Balaban J connectivity index is 0.000000139. The maximum Gasteiger partial charge on any atom is 0.220 e. The highest BCUT2D eigenvalue weighted by molar-refractivity contribution is 5.97. The molecule has 0 saturated carbocycles. The lowest BCUT2D eigenvalue weighted by Crippen LogP contribution is -2.30. The Kier molecular flexibility index (Phi) is 21.7. The Morgan fingerprint density at radius 3 is 0.981 bits per heavy atom. The molecule has 10 aromatic carbocycles. The highest BCUT2D eigenvalue weighted by Crippen LogP contribution is 2.37. The minimum Gasteiger partial charge on any atom is -0.200 e. The molecule has 0 fully saturated rings. The van der Waals surface area contributed by atoms with Gasteiger partial charge in [0.25, 0.3) is 0 Å². The summed E-state index contributed by atoms with van der Waals surface area (Å²) >= 11 is 0. The van der Waals surface area contributed by atoms with Crippen molar-refractivity contribution < 1.29 is 29.7 Å². The van der Waals surface area contributed by atoms with Crippen LogP contribution in [0, 0.1) is 90.0 Å². The third-order valence-electron chi connectivity index (χ3n) is 21.8. The molecule has 5 nitrogen and oxygen atoms in total. The van der Waals surface area contributed by atoms with Crippen molar-refractivity contribution in [3.63, 3.8) is 0 Å². The molecule has 0 spiro atoms. The SMILES string of the molecule is Cc1cc(C)c(C)c(-c2c3ccc(C(C)C)cc3cc[n+]2C)c1.Cc1cc(C)c(C)c(-c2c3ccccc3cc[n+]2C)c1.Cc1ccccc1-c1cc2ccccc2c[n+]1C.[2H]C(C)(C)c1ccc2c(-c3cc(C)cc(C)c3C)[n+](C)ccc2c1.[2H]C([2H])([2H])C([2H])(C)c1ccc2c(-c3cc(C)cc(C)c3C)[n+](C)ccc2c1. The summed E-state index contributed by atoms with van der Waals surface area (Å²) in [5, 5.41) is 12.2. The maximum atomic E-state index is 8.38. The number of rotatable bonds is 8. The quantitative estimate of drug-likeness (QED) is 0.135. The number of aryl methyl sites for hydroxylation is 14. The minimum absolute atomic E-state index is 0.506. The molecule has 0 saturated heterocycles. The number of hydrogen-bond acceptors (Lipinski definition) is 0. The number of aromatic nitrogens is 5. The normalized spacial score (nSPS) is 12.7. The first-order chi connectivity index (χ1) is 52.8. The summed E-state index contributed by atoms with van der Waals surface area (Å²) < 4.78 is 50.8. The van der Waals surface area contributed by atoms with Crippen molar-refractivity contribution in [3.05, 3.63) is 326 Å². The molecule has 0 bridgehead atoms. The van der Waals surface area contributed by atoms with Gasteiger partial charge in [-0.2, -0.15) is 0 Å². The molecule has 0 N–H and O–H groups in total. The monoisotopic (exact) mass is 1410 g/mol. The average Bonchev–Trinajstić information content (AvgIpc) is 0.759. The van der Waals surface area contributed by atoms with Crippen molar-refractivity contribution in [1.82, 2.24) is 0 Å². The molecule has 5 aromatic heterocycles. The van der Waals surface area contributed by atoms with E-state index in [9.17, 15) is 0 Å². The largest absolute Gasteiger partial charge is 0.220 e. The third-order valence-corrected chi connectivity index (χ3v) is 21.8. The highest BCUT2D eigenvalue weighted by atomic mass is 14.9. The lowest BCUT2D eigenvalue weighted by molar-refractivity contribution is -0.659. The van der Waals surface area contributed by atoms with Gasteiger partial charge in [-0.25, -0.2) is 22.8 Å². The fourth-order valence-corrected chi connectivity index (χ4v) is 15.3. The second-order valence-corrected chi connectivity index (χ2v) is 30.6. The van der Waals surface area contributed by atoms with Gasteiger partial charge in [-0.05, 0) is 262 Å². The third kappa shape index (κ3) is 16.9. The second-order valence-electron chi connectivity index (χ2n) is 30.6. The van der Waals surface area contributed by atoms with Crippen LogP contribution in [-0.2, 0) is 35.2 Å². The predicted molar refractivity (Wildman–Crippen MR) is 457 cm³/mol. The molecule has 5 heterocycles. The van der Waals surface area contributed by atoms with Crippen LogP contribution in [0.4, 0.5) is 0 Å². The number of benzene rings is 10. The van der Waals surface area contributed by atoms with Crippen LogP contribution in [0.5, 0.6) is 0 Å². The van der Waals surface area contributed by atoms with Crippen molar-refractivity contribution >= 4 is 53.9 Å². The Bertz CT molecular complexity index is 6090. The van der Waals surface area contributed by atoms with Gasteiger partial charge in [-0.15, -0.1) is 0 Å². The zero-order chi connectivity index (χ0) is 81.3. The van der Waals surface area contributed by atoms with Crippen LogP contribution < -0.4 is 22.8 Å². The molecule has 0 aliphatic carbocycles. The van der Waals surface area contributed by atoms with Crippen LogP contribution >= 0.6 is 0 Å². The molecule has 0 aliphatic rings. The molecule has 15 aromatic rings. The van der Waals surface area contributed by atoms with Crippen molar-refractivity contribution in [2.24, 2.45) is 35.2 Å². The van der Waals surface area contributed by atoms with E-state index in [1.165, 1.54) is 178 Å². The van der Waals surface area contributed by atoms with Gasteiger partial charge >= 0.3 is 0 Å². The van der Waals surface area contributed by atoms with E-state index in [-0.39, 0.29) is 0 Å². The molecule has 0 amide bonds. The average molecular weight is 1420 g/mol. The molecular formula is C102H114N5+5. The summed E-state index contributed by atoms with van der Waals surface area (Å²) in [7, 11) is 10.5. The van der Waals surface area contributed by atoms with Gasteiger partial charge in [0.15, 0.2) is 31.0 Å². The summed E-state index contributed by atoms with van der Waals surface area (Å²) in [5.41, 5.74) is 32.6. The second kappa shape index (κ2) is 32.9. The summed E-state index contributed by atoms with van der Waals surface area (Å²) in [6.45, 7) is 35.7. The zero-order valence-electron chi connectivity index (χ0n) is 72.8. The highest BCUT2D eigenvalue weighted by Gasteiger charge is 2.24. The lowest BCUT2D eigenvalue weighted by atomic mass is 9.93. The fourth-order valence-electron chi connectivity index (χ4n) is 15.3. The maximum absolute atomic E-state index is 8.38. The van der Waals surface area contributed by atoms with Gasteiger partial charge in [-0.3, -0.25) is 0 Å². The molecule has 1 atom stereocenters. The van der Waals surface area contributed by atoms with Crippen LogP contribution in [0.25, 0.3) is 110 Å². The lowest BCUT2D eigenvalue weighted by Gasteiger charge is -2.12. The summed E-state index contributed by atoms with van der Waals surface area (Å²) in [6.07, 6.45) is 10.6. The van der Waals surface area contributed by atoms with Crippen LogP contribution in [0.15, 0.2) is 237 Å². The smallest absolute Gasteiger partial charge is 0.200 e. The van der Waals surface area contributed by atoms with Crippen molar-refractivity contribution in [1.29, 1.82) is 0 Å². The van der Waals surface area contributed by atoms with E-state index in [1.807, 2.05) is 45.3 Å². The van der Waals surface area contributed by atoms with Crippen molar-refractivity contribution in [2.45, 2.75) is 149 Å². The van der Waals surface area contributed by atoms with E-state index in [0.717, 1.165) is 22.0 Å². The molecule has 1 unspecified atom stereocenters. The van der Waals surface area contributed by atoms with Crippen LogP contribution in [-0.4, -0.2) is 0 Å². The van der Waals surface area contributed by atoms with E-state index in [2.05, 4.69) is 362 Å². The van der Waals surface area contributed by atoms with Gasteiger partial charge in [-0.1, -0.05) is 179 Å². The fraction of sp³-hybridized carbons (Fsp3) is 0.265. The Labute approximate surface area is 646 Å². The van der Waals surface area contributed by atoms with E-state index in [0.29, 0.717) is 11.5 Å². The molecule has 542 valence electrons. The first-order valence-electron chi connectivity index (χ1n) is 40.3. The standard InChI is InChI=1S/3C22H26N.C19H20N.C17H16N/c3*1-14(2)18-7-8-20-19(13-18)9-10-23(6)22(20)21-12-15(3)11-16(4)17(21)5;1-13-11-14(2)15(3)18(12-13)19-17-8-6-5-7-16(17)9-10-20(19)4;1-13-7-3-6-10-16(13)17-11-14-8-4-5-9-15(14)12-18(17)2/h3*7-14H,1-6H3;5-12H,1-4H3;3-12H,1-2H3/q5*+1/i1D3,14D;14D;;;. The predicted octanol–water partition coefficient (Wildman–Crippen LogP) is 24.0. The molecule has 15 rings (SSSR count). The molecule has 107 heavy (non-hydrogen) atoms. The van der Waals surface area contributed by atoms with Gasteiger partial charge < -0.3 is 0 Å². The van der Waals surface area contributed by atoms with Gasteiger partial charge in [0.2, 0.25) is 28.5 Å². The van der Waals surface area contributed by atoms with E-state index in [1.54, 1.807) is 6.07 Å². The van der Waals surface area contributed by atoms with Crippen LogP contribution in [0.1, 0.15) is 155 Å². The first-order valence-corrected chi connectivity index (χ1v) is 37.8. The molecule has 0 radical (unpaired) electrons. The first kappa shape index (κ1) is 70.6. The Morgan fingerprint density at radius 1 is 0.271 bits per heavy atom. The van der Waals surface area contributed by atoms with E-state index in [4.69, 9.17) is 6.85 Å². The van der Waals surface area contributed by atoms with Gasteiger partial charge in [0.05, 0.1) is 43.8 Å². The van der Waals surface area contributed by atoms with E-state index < -0.39 is 18.6 Å². The molecular weight excluding hydrogens is 1300 g/mol. The number of nitrogens with zero attached hydrogens (tertiary/aromatic N) is 5. The van der Waals surface area contributed by atoms with Crippen LogP contribution in [0.2, 0.25) is 0 Å².